The molecular formula is C17H17ClN2O4S. The summed E-state index contributed by atoms with van der Waals surface area (Å²) in [5.41, 5.74) is 1.15. The van der Waals surface area contributed by atoms with E-state index in [0.717, 1.165) is 5.56 Å². The summed E-state index contributed by atoms with van der Waals surface area (Å²) in [7, 11) is 1.21. The number of esters is 1. The van der Waals surface area contributed by atoms with Gasteiger partial charge in [-0.2, -0.15) is 0 Å². The summed E-state index contributed by atoms with van der Waals surface area (Å²) in [4.78, 5) is 36.8. The fourth-order valence-corrected chi connectivity index (χ4v) is 3.03. The van der Waals surface area contributed by atoms with Gasteiger partial charge in [-0.05, 0) is 36.1 Å². The summed E-state index contributed by atoms with van der Waals surface area (Å²) >= 11 is 7.35. The largest absolute Gasteiger partial charge is 0.467 e. The van der Waals surface area contributed by atoms with Crippen LogP contribution in [0.2, 0.25) is 5.02 Å². The van der Waals surface area contributed by atoms with Crippen LogP contribution in [0.5, 0.6) is 0 Å². The summed E-state index contributed by atoms with van der Waals surface area (Å²) < 4.78 is 4.69. The molecule has 1 heterocycles. The zero-order chi connectivity index (χ0) is 18.4. The molecule has 0 aliphatic carbocycles. The van der Waals surface area contributed by atoms with Gasteiger partial charge in [0.05, 0.1) is 22.6 Å². The Morgan fingerprint density at radius 3 is 2.60 bits per heavy atom. The monoisotopic (exact) mass is 380 g/mol. The Balaban J connectivity index is 2.05. The molecule has 1 aromatic carbocycles. The van der Waals surface area contributed by atoms with Gasteiger partial charge in [0.25, 0.3) is 11.8 Å². The topological polar surface area (TPSA) is 84.5 Å². The number of amides is 2. The number of carbonyl (C=O) groups is 3. The van der Waals surface area contributed by atoms with Crippen molar-refractivity contribution >= 4 is 40.7 Å². The highest BCUT2D eigenvalue weighted by atomic mass is 35.5. The maximum Gasteiger partial charge on any atom is 0.330 e. The highest BCUT2D eigenvalue weighted by molar-refractivity contribution is 7.12. The van der Waals surface area contributed by atoms with Crippen molar-refractivity contribution in [2.45, 2.75) is 13.0 Å². The molecule has 132 valence electrons. The van der Waals surface area contributed by atoms with E-state index in [1.54, 1.807) is 35.7 Å². The summed E-state index contributed by atoms with van der Waals surface area (Å²) in [5, 5.41) is 7.19. The van der Waals surface area contributed by atoms with Crippen LogP contribution in [0.3, 0.4) is 0 Å². The van der Waals surface area contributed by atoms with E-state index < -0.39 is 17.9 Å². The average Bonchev–Trinajstić information content (AvgIpc) is 3.12. The number of hydrogen-bond acceptors (Lipinski definition) is 5. The third-order valence-electron chi connectivity index (χ3n) is 3.37. The number of benzene rings is 1. The van der Waals surface area contributed by atoms with E-state index >= 15 is 0 Å². The van der Waals surface area contributed by atoms with E-state index in [9.17, 15) is 14.4 Å². The van der Waals surface area contributed by atoms with Gasteiger partial charge in [-0.1, -0.05) is 23.7 Å². The second-order valence-electron chi connectivity index (χ2n) is 5.22. The molecule has 2 rings (SSSR count). The number of thiophene rings is 1. The zero-order valence-electron chi connectivity index (χ0n) is 13.7. The first-order chi connectivity index (χ1) is 11.9. The number of nitrogens with one attached hydrogen (secondary N) is 2. The molecule has 0 radical (unpaired) electrons. The second-order valence-corrected chi connectivity index (χ2v) is 6.57. The van der Waals surface area contributed by atoms with Gasteiger partial charge in [0.15, 0.2) is 0 Å². The van der Waals surface area contributed by atoms with Crippen molar-refractivity contribution in [3.63, 3.8) is 0 Å². The van der Waals surface area contributed by atoms with E-state index in [1.165, 1.54) is 18.4 Å². The number of hydrogen-bond donors (Lipinski definition) is 2. The molecule has 1 aromatic heterocycles. The standard InChI is InChI=1S/C17H17ClN2O4S/c1-10-5-6-11(12(18)8-10)15(21)20-13(17(23)24-2)9-19-16(22)14-4-3-7-25-14/h3-8,13H,9H2,1-2H3,(H,19,22)(H,20,21). The van der Waals surface area contributed by atoms with Crippen molar-refractivity contribution in [1.29, 1.82) is 0 Å². The van der Waals surface area contributed by atoms with E-state index in [0.29, 0.717) is 4.88 Å². The summed E-state index contributed by atoms with van der Waals surface area (Å²) in [6.07, 6.45) is 0. The molecule has 0 aliphatic heterocycles. The van der Waals surface area contributed by atoms with Crippen molar-refractivity contribution in [2.24, 2.45) is 0 Å². The molecule has 2 aromatic rings. The lowest BCUT2D eigenvalue weighted by Crippen LogP contribution is -2.49. The number of ether oxygens (including phenoxy) is 1. The zero-order valence-corrected chi connectivity index (χ0v) is 15.2. The molecule has 2 amide bonds. The Morgan fingerprint density at radius 2 is 2.00 bits per heavy atom. The number of methoxy groups -OCH3 is 1. The highest BCUT2D eigenvalue weighted by Gasteiger charge is 2.24. The maximum absolute atomic E-state index is 12.4. The number of carbonyl (C=O) groups excluding carboxylic acids is 3. The van der Waals surface area contributed by atoms with Crippen LogP contribution in [0, 0.1) is 6.92 Å². The minimum absolute atomic E-state index is 0.0986. The lowest BCUT2D eigenvalue weighted by molar-refractivity contribution is -0.142. The van der Waals surface area contributed by atoms with Crippen LogP contribution in [0.1, 0.15) is 25.6 Å². The average molecular weight is 381 g/mol. The fraction of sp³-hybridized carbons (Fsp3) is 0.235. The van der Waals surface area contributed by atoms with Crippen LogP contribution in [0.15, 0.2) is 35.7 Å². The van der Waals surface area contributed by atoms with Gasteiger partial charge >= 0.3 is 5.97 Å². The lowest BCUT2D eigenvalue weighted by atomic mass is 10.1. The first-order valence-electron chi connectivity index (χ1n) is 7.39. The minimum atomic E-state index is -1.03. The normalized spacial score (nSPS) is 11.5. The van der Waals surface area contributed by atoms with Crippen LogP contribution in [0.4, 0.5) is 0 Å². The minimum Gasteiger partial charge on any atom is -0.467 e. The van der Waals surface area contributed by atoms with Crippen LogP contribution in [-0.2, 0) is 9.53 Å². The number of aryl methyl sites for hydroxylation is 1. The Hall–Kier alpha value is -2.38. The Kier molecular flexibility index (Phi) is 6.55. The van der Waals surface area contributed by atoms with E-state index in [1.807, 2.05) is 6.92 Å². The molecule has 0 fully saturated rings. The first-order valence-corrected chi connectivity index (χ1v) is 8.64. The van der Waals surface area contributed by atoms with Crippen LogP contribution in [0.25, 0.3) is 0 Å². The Morgan fingerprint density at radius 1 is 1.24 bits per heavy atom. The van der Waals surface area contributed by atoms with Crippen molar-refractivity contribution < 1.29 is 19.1 Å². The summed E-state index contributed by atoms with van der Waals surface area (Å²) in [5.74, 6) is -1.51. The molecule has 0 spiro atoms. The van der Waals surface area contributed by atoms with Gasteiger partial charge in [-0.15, -0.1) is 11.3 Å². The second kappa shape index (κ2) is 8.64. The number of rotatable bonds is 6. The fourth-order valence-electron chi connectivity index (χ4n) is 2.07. The lowest BCUT2D eigenvalue weighted by Gasteiger charge is -2.17. The molecule has 25 heavy (non-hydrogen) atoms. The van der Waals surface area contributed by atoms with Gasteiger partial charge in [-0.25, -0.2) is 4.79 Å². The smallest absolute Gasteiger partial charge is 0.330 e. The van der Waals surface area contributed by atoms with Crippen LogP contribution < -0.4 is 10.6 Å². The summed E-state index contributed by atoms with van der Waals surface area (Å²) in [6.45, 7) is 1.75. The SMILES string of the molecule is COC(=O)C(CNC(=O)c1cccs1)NC(=O)c1ccc(C)cc1Cl. The molecule has 0 saturated carbocycles. The van der Waals surface area contributed by atoms with E-state index in [4.69, 9.17) is 11.6 Å². The Bertz CT molecular complexity index is 777. The third kappa shape index (κ3) is 5.04. The molecule has 6 nitrogen and oxygen atoms in total. The van der Waals surface area contributed by atoms with E-state index in [2.05, 4.69) is 15.4 Å². The molecular weight excluding hydrogens is 364 g/mol. The van der Waals surface area contributed by atoms with Gasteiger partial charge in [0.1, 0.15) is 6.04 Å². The molecule has 1 unspecified atom stereocenters. The van der Waals surface area contributed by atoms with Crippen molar-refractivity contribution in [2.75, 3.05) is 13.7 Å². The van der Waals surface area contributed by atoms with Gasteiger partial charge in [-0.3, -0.25) is 9.59 Å². The van der Waals surface area contributed by atoms with Crippen LogP contribution in [-0.4, -0.2) is 37.5 Å². The van der Waals surface area contributed by atoms with Crippen molar-refractivity contribution in [3.8, 4) is 0 Å². The molecule has 0 bridgehead atoms. The molecule has 8 heteroatoms. The number of halogens is 1. The predicted molar refractivity (Wildman–Crippen MR) is 96.1 cm³/mol. The first kappa shape index (κ1) is 19.0. The van der Waals surface area contributed by atoms with Crippen LogP contribution >= 0.6 is 22.9 Å². The quantitative estimate of drug-likeness (QED) is 0.754. The van der Waals surface area contributed by atoms with Crippen molar-refractivity contribution in [1.82, 2.24) is 10.6 Å². The predicted octanol–water partition coefficient (Wildman–Crippen LogP) is 2.41. The third-order valence-corrected chi connectivity index (χ3v) is 4.55. The van der Waals surface area contributed by atoms with Gasteiger partial charge in [0, 0.05) is 6.54 Å². The van der Waals surface area contributed by atoms with Gasteiger partial charge in [0.2, 0.25) is 0 Å². The molecule has 1 atom stereocenters. The maximum atomic E-state index is 12.4. The molecule has 0 saturated heterocycles. The van der Waals surface area contributed by atoms with Gasteiger partial charge < -0.3 is 15.4 Å². The molecule has 0 aliphatic rings. The summed E-state index contributed by atoms with van der Waals surface area (Å²) in [6, 6.07) is 7.36. The highest BCUT2D eigenvalue weighted by Crippen LogP contribution is 2.17. The van der Waals surface area contributed by atoms with E-state index in [-0.39, 0.29) is 23.0 Å². The Labute approximate surface area is 154 Å². The molecule has 2 N–H and O–H groups in total. The van der Waals surface area contributed by atoms with Crippen molar-refractivity contribution in [3.05, 3.63) is 56.7 Å².